The lowest BCUT2D eigenvalue weighted by molar-refractivity contribution is 0.0600. The SMILES string of the molecule is CNC1CCCN(S(=O)(=O)c2cc(C(=O)OC)co2)C1. The molecule has 0 bridgehead atoms. The van der Waals surface area contributed by atoms with Crippen molar-refractivity contribution < 1.29 is 22.4 Å². The maximum Gasteiger partial charge on any atom is 0.341 e. The molecule has 1 aromatic heterocycles. The van der Waals surface area contributed by atoms with Crippen molar-refractivity contribution in [3.63, 3.8) is 0 Å². The number of ether oxygens (including phenoxy) is 1. The number of carbonyl (C=O) groups is 1. The smallest absolute Gasteiger partial charge is 0.341 e. The van der Waals surface area contributed by atoms with Crippen LogP contribution in [0, 0.1) is 0 Å². The average Bonchev–Trinajstić information content (AvgIpc) is 2.97. The first-order chi connectivity index (χ1) is 9.48. The number of rotatable bonds is 4. The number of furan rings is 1. The highest BCUT2D eigenvalue weighted by Crippen LogP contribution is 2.22. The lowest BCUT2D eigenvalue weighted by Crippen LogP contribution is -2.46. The summed E-state index contributed by atoms with van der Waals surface area (Å²) in [5.74, 6) is -0.623. The number of nitrogens with one attached hydrogen (secondary N) is 1. The molecule has 8 heteroatoms. The van der Waals surface area contributed by atoms with Gasteiger partial charge in [0.25, 0.3) is 10.0 Å². The van der Waals surface area contributed by atoms with Crippen LogP contribution in [0.4, 0.5) is 0 Å². The topological polar surface area (TPSA) is 88.9 Å². The van der Waals surface area contributed by atoms with Crippen LogP contribution in [0.25, 0.3) is 0 Å². The number of likely N-dealkylation sites (N-methyl/N-ethyl adjacent to an activating group) is 1. The number of hydrogen-bond acceptors (Lipinski definition) is 6. The van der Waals surface area contributed by atoms with Gasteiger partial charge in [-0.25, -0.2) is 13.2 Å². The Bertz CT molecular complexity index is 580. The van der Waals surface area contributed by atoms with Gasteiger partial charge < -0.3 is 14.5 Å². The normalized spacial score (nSPS) is 20.8. The van der Waals surface area contributed by atoms with Crippen LogP contribution in [-0.2, 0) is 14.8 Å². The summed E-state index contributed by atoms with van der Waals surface area (Å²) in [5, 5.41) is 2.85. The Labute approximate surface area is 117 Å². The Balaban J connectivity index is 2.21. The minimum atomic E-state index is -3.71. The summed E-state index contributed by atoms with van der Waals surface area (Å²) in [6.45, 7) is 0.849. The Morgan fingerprint density at radius 2 is 2.30 bits per heavy atom. The van der Waals surface area contributed by atoms with Gasteiger partial charge in [0.05, 0.1) is 12.7 Å². The predicted molar refractivity (Wildman–Crippen MR) is 70.9 cm³/mol. The molecule has 0 radical (unpaired) electrons. The van der Waals surface area contributed by atoms with Crippen molar-refractivity contribution >= 4 is 16.0 Å². The highest BCUT2D eigenvalue weighted by molar-refractivity contribution is 7.89. The summed E-state index contributed by atoms with van der Waals surface area (Å²) in [5.41, 5.74) is 0.0910. The number of nitrogens with zero attached hydrogens (tertiary/aromatic N) is 1. The summed E-state index contributed by atoms with van der Waals surface area (Å²) in [4.78, 5) is 11.3. The fourth-order valence-corrected chi connectivity index (χ4v) is 3.65. The van der Waals surface area contributed by atoms with Gasteiger partial charge in [0.2, 0.25) is 5.09 Å². The number of sulfonamides is 1. The van der Waals surface area contributed by atoms with Crippen molar-refractivity contribution in [2.75, 3.05) is 27.2 Å². The molecule has 1 unspecified atom stereocenters. The molecule has 1 saturated heterocycles. The van der Waals surface area contributed by atoms with Gasteiger partial charge >= 0.3 is 5.97 Å². The zero-order valence-corrected chi connectivity index (χ0v) is 12.3. The van der Waals surface area contributed by atoms with E-state index in [0.717, 1.165) is 19.1 Å². The third-order valence-corrected chi connectivity index (χ3v) is 5.12. The van der Waals surface area contributed by atoms with Crippen LogP contribution in [0.2, 0.25) is 0 Å². The summed E-state index contributed by atoms with van der Waals surface area (Å²) in [6, 6.07) is 1.33. The summed E-state index contributed by atoms with van der Waals surface area (Å²) < 4.78 is 35.8. The molecular formula is C12H18N2O5S. The molecule has 2 rings (SSSR count). The maximum atomic E-state index is 12.4. The molecule has 1 fully saturated rings. The zero-order chi connectivity index (χ0) is 14.8. The Morgan fingerprint density at radius 1 is 1.55 bits per heavy atom. The van der Waals surface area contributed by atoms with Crippen molar-refractivity contribution in [1.29, 1.82) is 0 Å². The first-order valence-corrected chi connectivity index (χ1v) is 7.77. The predicted octanol–water partition coefficient (Wildman–Crippen LogP) is 0.439. The highest BCUT2D eigenvalue weighted by atomic mass is 32.2. The molecule has 1 aliphatic heterocycles. The van der Waals surface area contributed by atoms with Crippen molar-refractivity contribution in [2.24, 2.45) is 0 Å². The van der Waals surface area contributed by atoms with Gasteiger partial charge in [0, 0.05) is 25.2 Å². The highest BCUT2D eigenvalue weighted by Gasteiger charge is 2.32. The molecule has 1 aromatic rings. The molecule has 112 valence electrons. The van der Waals surface area contributed by atoms with E-state index in [4.69, 9.17) is 4.42 Å². The van der Waals surface area contributed by atoms with Crippen LogP contribution in [0.1, 0.15) is 23.2 Å². The lowest BCUT2D eigenvalue weighted by Gasteiger charge is -2.30. The monoisotopic (exact) mass is 302 g/mol. The maximum absolute atomic E-state index is 12.4. The van der Waals surface area contributed by atoms with E-state index >= 15 is 0 Å². The van der Waals surface area contributed by atoms with Crippen LogP contribution >= 0.6 is 0 Å². The molecular weight excluding hydrogens is 284 g/mol. The van der Waals surface area contributed by atoms with E-state index in [-0.39, 0.29) is 16.7 Å². The van der Waals surface area contributed by atoms with E-state index < -0.39 is 16.0 Å². The van der Waals surface area contributed by atoms with Crippen LogP contribution in [0.3, 0.4) is 0 Å². The molecule has 1 aliphatic rings. The average molecular weight is 302 g/mol. The standard InChI is InChI=1S/C12H18N2O5S/c1-13-10-4-3-5-14(7-10)20(16,17)11-6-9(8-19-11)12(15)18-2/h6,8,10,13H,3-5,7H2,1-2H3. The van der Waals surface area contributed by atoms with Crippen molar-refractivity contribution in [3.05, 3.63) is 17.9 Å². The Kier molecular flexibility index (Phi) is 4.46. The molecule has 0 spiro atoms. The lowest BCUT2D eigenvalue weighted by atomic mass is 10.1. The Morgan fingerprint density at radius 3 is 2.95 bits per heavy atom. The van der Waals surface area contributed by atoms with Crippen LogP contribution in [-0.4, -0.2) is 52.0 Å². The molecule has 2 heterocycles. The minimum Gasteiger partial charge on any atom is -0.465 e. The second-order valence-electron chi connectivity index (χ2n) is 4.64. The zero-order valence-electron chi connectivity index (χ0n) is 11.5. The van der Waals surface area contributed by atoms with Gasteiger partial charge in [-0.3, -0.25) is 0 Å². The number of piperidine rings is 1. The quantitative estimate of drug-likeness (QED) is 0.812. The largest absolute Gasteiger partial charge is 0.465 e. The first-order valence-electron chi connectivity index (χ1n) is 6.33. The van der Waals surface area contributed by atoms with Crippen molar-refractivity contribution in [3.8, 4) is 0 Å². The van der Waals surface area contributed by atoms with E-state index in [9.17, 15) is 13.2 Å². The van der Waals surface area contributed by atoms with Crippen LogP contribution in [0.15, 0.2) is 21.8 Å². The van der Waals surface area contributed by atoms with Crippen molar-refractivity contribution in [2.45, 2.75) is 24.0 Å². The second-order valence-corrected chi connectivity index (χ2v) is 6.51. The van der Waals surface area contributed by atoms with E-state index in [0.29, 0.717) is 13.1 Å². The fourth-order valence-electron chi connectivity index (χ4n) is 2.20. The summed E-state index contributed by atoms with van der Waals surface area (Å²) in [6.07, 6.45) is 2.82. The van der Waals surface area contributed by atoms with Gasteiger partial charge in [-0.1, -0.05) is 0 Å². The van der Waals surface area contributed by atoms with E-state index in [1.807, 2.05) is 7.05 Å². The molecule has 0 saturated carbocycles. The molecule has 1 atom stereocenters. The summed E-state index contributed by atoms with van der Waals surface area (Å²) >= 11 is 0. The van der Waals surface area contributed by atoms with Gasteiger partial charge in [-0.15, -0.1) is 0 Å². The molecule has 7 nitrogen and oxygen atoms in total. The Hall–Kier alpha value is -1.38. The molecule has 0 aliphatic carbocycles. The molecule has 0 amide bonds. The number of esters is 1. The molecule has 0 aromatic carbocycles. The molecule has 20 heavy (non-hydrogen) atoms. The van der Waals surface area contributed by atoms with E-state index in [2.05, 4.69) is 10.1 Å². The second kappa shape index (κ2) is 5.94. The van der Waals surface area contributed by atoms with Gasteiger partial charge in [0.1, 0.15) is 6.26 Å². The fraction of sp³-hybridized carbons (Fsp3) is 0.583. The third kappa shape index (κ3) is 2.87. The number of methoxy groups -OCH3 is 1. The van der Waals surface area contributed by atoms with Gasteiger partial charge in [-0.05, 0) is 19.9 Å². The van der Waals surface area contributed by atoms with Crippen LogP contribution < -0.4 is 5.32 Å². The third-order valence-electron chi connectivity index (χ3n) is 3.38. The number of carbonyl (C=O) groups excluding carboxylic acids is 1. The van der Waals surface area contributed by atoms with Crippen molar-refractivity contribution in [1.82, 2.24) is 9.62 Å². The summed E-state index contributed by atoms with van der Waals surface area (Å²) in [7, 11) is -0.671. The van der Waals surface area contributed by atoms with E-state index in [1.165, 1.54) is 17.5 Å². The molecule has 1 N–H and O–H groups in total. The van der Waals surface area contributed by atoms with Gasteiger partial charge in [0.15, 0.2) is 0 Å². The van der Waals surface area contributed by atoms with E-state index in [1.54, 1.807) is 0 Å². The van der Waals surface area contributed by atoms with Gasteiger partial charge in [-0.2, -0.15) is 4.31 Å². The minimum absolute atomic E-state index is 0.0910. The van der Waals surface area contributed by atoms with Crippen LogP contribution in [0.5, 0.6) is 0 Å². The first kappa shape index (κ1) is 15.0. The number of hydrogen-bond donors (Lipinski definition) is 1.